The van der Waals surface area contributed by atoms with E-state index in [1.807, 2.05) is 29.1 Å². The van der Waals surface area contributed by atoms with Gasteiger partial charge in [0.1, 0.15) is 0 Å². The third-order valence-corrected chi connectivity index (χ3v) is 3.47. The van der Waals surface area contributed by atoms with Crippen LogP contribution < -0.4 is 0 Å². The molecule has 17 heavy (non-hydrogen) atoms. The SMILES string of the molecule is CC(C)c1ccn(-c2ccc(Cl)cc2CBr)n1. The molecule has 0 amide bonds. The highest BCUT2D eigenvalue weighted by molar-refractivity contribution is 9.08. The normalized spacial score (nSPS) is 11.1. The molecule has 0 fully saturated rings. The first-order valence-corrected chi connectivity index (χ1v) is 7.02. The molecule has 2 aromatic rings. The maximum absolute atomic E-state index is 5.99. The lowest BCUT2D eigenvalue weighted by Gasteiger charge is -2.08. The minimum atomic E-state index is 0.441. The molecule has 0 aliphatic rings. The van der Waals surface area contributed by atoms with Gasteiger partial charge in [0.25, 0.3) is 0 Å². The first-order valence-electron chi connectivity index (χ1n) is 5.52. The van der Waals surface area contributed by atoms with Crippen LogP contribution in [-0.2, 0) is 5.33 Å². The molecule has 0 radical (unpaired) electrons. The molecule has 0 atom stereocenters. The summed E-state index contributed by atoms with van der Waals surface area (Å²) in [6.07, 6.45) is 1.99. The second-order valence-electron chi connectivity index (χ2n) is 4.25. The Balaban J connectivity index is 2.44. The van der Waals surface area contributed by atoms with Gasteiger partial charge in [-0.3, -0.25) is 0 Å². The fraction of sp³-hybridized carbons (Fsp3) is 0.308. The van der Waals surface area contributed by atoms with E-state index in [1.165, 1.54) is 0 Å². The Morgan fingerprint density at radius 1 is 1.35 bits per heavy atom. The summed E-state index contributed by atoms with van der Waals surface area (Å²) in [5.41, 5.74) is 3.30. The number of aromatic nitrogens is 2. The van der Waals surface area contributed by atoms with Crippen LogP contribution in [0.3, 0.4) is 0 Å². The minimum absolute atomic E-state index is 0.441. The van der Waals surface area contributed by atoms with E-state index < -0.39 is 0 Å². The average molecular weight is 314 g/mol. The van der Waals surface area contributed by atoms with Gasteiger partial charge in [-0.1, -0.05) is 41.4 Å². The molecule has 0 saturated heterocycles. The van der Waals surface area contributed by atoms with Gasteiger partial charge < -0.3 is 0 Å². The van der Waals surface area contributed by atoms with Crippen molar-refractivity contribution in [2.75, 3.05) is 0 Å². The number of benzene rings is 1. The zero-order valence-corrected chi connectivity index (χ0v) is 12.2. The van der Waals surface area contributed by atoms with E-state index in [0.717, 1.165) is 27.3 Å². The molecule has 0 N–H and O–H groups in total. The molecule has 0 aliphatic carbocycles. The topological polar surface area (TPSA) is 17.8 Å². The Morgan fingerprint density at radius 3 is 2.71 bits per heavy atom. The quantitative estimate of drug-likeness (QED) is 0.760. The predicted octanol–water partition coefficient (Wildman–Crippen LogP) is 4.54. The highest BCUT2D eigenvalue weighted by Gasteiger charge is 2.08. The van der Waals surface area contributed by atoms with Gasteiger partial charge in [0.05, 0.1) is 11.4 Å². The summed E-state index contributed by atoms with van der Waals surface area (Å²) in [7, 11) is 0. The van der Waals surface area contributed by atoms with E-state index in [4.69, 9.17) is 11.6 Å². The van der Waals surface area contributed by atoms with Crippen molar-refractivity contribution in [1.82, 2.24) is 9.78 Å². The Bertz CT molecular complexity index is 520. The molecule has 1 aromatic carbocycles. The Kier molecular flexibility index (Phi) is 3.89. The molecule has 4 heteroatoms. The third kappa shape index (κ3) is 2.72. The van der Waals surface area contributed by atoms with Gasteiger partial charge >= 0.3 is 0 Å². The summed E-state index contributed by atoms with van der Waals surface area (Å²) < 4.78 is 1.91. The summed E-state index contributed by atoms with van der Waals surface area (Å²) >= 11 is 9.46. The number of rotatable bonds is 3. The molecule has 0 saturated carbocycles. The summed E-state index contributed by atoms with van der Waals surface area (Å²) in [6.45, 7) is 4.28. The van der Waals surface area contributed by atoms with Crippen LogP contribution in [0, 0.1) is 0 Å². The van der Waals surface area contributed by atoms with Crippen LogP contribution in [0.4, 0.5) is 0 Å². The monoisotopic (exact) mass is 312 g/mol. The molecule has 1 aromatic heterocycles. The van der Waals surface area contributed by atoms with Crippen LogP contribution in [0.5, 0.6) is 0 Å². The second-order valence-corrected chi connectivity index (χ2v) is 5.24. The van der Waals surface area contributed by atoms with Crippen LogP contribution in [0.15, 0.2) is 30.5 Å². The lowest BCUT2D eigenvalue weighted by atomic mass is 10.1. The number of nitrogens with zero attached hydrogens (tertiary/aromatic N) is 2. The van der Waals surface area contributed by atoms with Crippen LogP contribution in [0.25, 0.3) is 5.69 Å². The molecular formula is C13H14BrClN2. The maximum atomic E-state index is 5.99. The van der Waals surface area contributed by atoms with Crippen molar-refractivity contribution in [3.8, 4) is 5.69 Å². The second kappa shape index (κ2) is 5.23. The lowest BCUT2D eigenvalue weighted by Crippen LogP contribution is -2.00. The number of halogens is 2. The Morgan fingerprint density at radius 2 is 2.12 bits per heavy atom. The number of hydrogen-bond acceptors (Lipinski definition) is 1. The fourth-order valence-electron chi connectivity index (χ4n) is 1.66. The van der Waals surface area contributed by atoms with Gasteiger partial charge in [-0.25, -0.2) is 4.68 Å². The lowest BCUT2D eigenvalue weighted by molar-refractivity contribution is 0.766. The van der Waals surface area contributed by atoms with E-state index in [9.17, 15) is 0 Å². The van der Waals surface area contributed by atoms with Crippen molar-refractivity contribution in [2.24, 2.45) is 0 Å². The summed E-state index contributed by atoms with van der Waals surface area (Å²) in [4.78, 5) is 0. The van der Waals surface area contributed by atoms with Crippen LogP contribution in [-0.4, -0.2) is 9.78 Å². The zero-order valence-electron chi connectivity index (χ0n) is 9.82. The van der Waals surface area contributed by atoms with Gasteiger partial charge in [0.2, 0.25) is 0 Å². The average Bonchev–Trinajstić information content (AvgIpc) is 2.78. The molecule has 2 rings (SSSR count). The third-order valence-electron chi connectivity index (χ3n) is 2.63. The molecule has 2 nitrogen and oxygen atoms in total. The minimum Gasteiger partial charge on any atom is -0.240 e. The predicted molar refractivity (Wildman–Crippen MR) is 75.3 cm³/mol. The van der Waals surface area contributed by atoms with E-state index in [0.29, 0.717) is 5.92 Å². The van der Waals surface area contributed by atoms with Crippen molar-refractivity contribution in [2.45, 2.75) is 25.1 Å². The van der Waals surface area contributed by atoms with Crippen molar-refractivity contribution in [3.05, 3.63) is 46.7 Å². The molecule has 90 valence electrons. The molecule has 0 unspecified atom stereocenters. The number of hydrogen-bond donors (Lipinski definition) is 0. The largest absolute Gasteiger partial charge is 0.240 e. The molecular weight excluding hydrogens is 300 g/mol. The van der Waals surface area contributed by atoms with E-state index in [-0.39, 0.29) is 0 Å². The first kappa shape index (κ1) is 12.7. The Labute approximate surface area is 115 Å². The van der Waals surface area contributed by atoms with Crippen molar-refractivity contribution in [3.63, 3.8) is 0 Å². The van der Waals surface area contributed by atoms with E-state index in [2.05, 4.69) is 40.9 Å². The zero-order chi connectivity index (χ0) is 12.4. The highest BCUT2D eigenvalue weighted by atomic mass is 79.9. The van der Waals surface area contributed by atoms with Crippen LogP contribution in [0.1, 0.15) is 31.0 Å². The van der Waals surface area contributed by atoms with Gasteiger partial charge in [0.15, 0.2) is 0 Å². The molecule has 0 aliphatic heterocycles. The molecule has 0 bridgehead atoms. The van der Waals surface area contributed by atoms with Crippen molar-refractivity contribution in [1.29, 1.82) is 0 Å². The maximum Gasteiger partial charge on any atom is 0.0687 e. The number of alkyl halides is 1. The Hall–Kier alpha value is -0.800. The van der Waals surface area contributed by atoms with Crippen molar-refractivity contribution < 1.29 is 0 Å². The van der Waals surface area contributed by atoms with Gasteiger partial charge in [-0.2, -0.15) is 5.10 Å². The smallest absolute Gasteiger partial charge is 0.0687 e. The van der Waals surface area contributed by atoms with Crippen LogP contribution in [0.2, 0.25) is 5.02 Å². The summed E-state index contributed by atoms with van der Waals surface area (Å²) in [6, 6.07) is 7.90. The fourth-order valence-corrected chi connectivity index (χ4v) is 2.31. The van der Waals surface area contributed by atoms with E-state index in [1.54, 1.807) is 0 Å². The standard InChI is InChI=1S/C13H14BrClN2/c1-9(2)12-5-6-17(16-12)13-4-3-11(15)7-10(13)8-14/h3-7,9H,8H2,1-2H3. The molecule has 0 spiro atoms. The summed E-state index contributed by atoms with van der Waals surface area (Å²) in [5, 5.41) is 6.08. The van der Waals surface area contributed by atoms with Gasteiger partial charge in [-0.05, 0) is 35.7 Å². The first-order chi connectivity index (χ1) is 8.11. The highest BCUT2D eigenvalue weighted by Crippen LogP contribution is 2.22. The summed E-state index contributed by atoms with van der Waals surface area (Å²) in [5.74, 6) is 0.441. The van der Waals surface area contributed by atoms with Gasteiger partial charge in [-0.15, -0.1) is 0 Å². The van der Waals surface area contributed by atoms with Gasteiger partial charge in [0, 0.05) is 16.5 Å². The van der Waals surface area contributed by atoms with Crippen LogP contribution >= 0.6 is 27.5 Å². The van der Waals surface area contributed by atoms with E-state index >= 15 is 0 Å². The van der Waals surface area contributed by atoms with Crippen molar-refractivity contribution >= 4 is 27.5 Å². The molecule has 1 heterocycles.